The van der Waals surface area contributed by atoms with E-state index in [1.807, 2.05) is 68.9 Å². The summed E-state index contributed by atoms with van der Waals surface area (Å²) in [6, 6.07) is 12.1. The molecule has 2 aromatic heterocycles. The first-order chi connectivity index (χ1) is 14.4. The van der Waals surface area contributed by atoms with Crippen LogP contribution >= 0.6 is 0 Å². The van der Waals surface area contributed by atoms with Gasteiger partial charge in [0.05, 0.1) is 0 Å². The van der Waals surface area contributed by atoms with Gasteiger partial charge in [-0.05, 0) is 45.4 Å². The highest BCUT2D eigenvalue weighted by Crippen LogP contribution is 2.22. The van der Waals surface area contributed by atoms with Crippen LogP contribution in [0, 0.1) is 6.92 Å². The smallest absolute Gasteiger partial charge is 0.191 e. The predicted molar refractivity (Wildman–Crippen MR) is 120 cm³/mol. The molecule has 0 saturated heterocycles. The highest BCUT2D eigenvalue weighted by atomic mass is 16.5. The zero-order valence-corrected chi connectivity index (χ0v) is 18.3. The molecule has 3 rings (SSSR count). The van der Waals surface area contributed by atoms with E-state index in [1.54, 1.807) is 13.2 Å². The molecule has 2 heterocycles. The number of benzene rings is 1. The van der Waals surface area contributed by atoms with Gasteiger partial charge in [-0.25, -0.2) is 9.97 Å². The van der Waals surface area contributed by atoms with Gasteiger partial charge in [-0.15, -0.1) is 0 Å². The summed E-state index contributed by atoms with van der Waals surface area (Å²) >= 11 is 0. The summed E-state index contributed by atoms with van der Waals surface area (Å²) in [6.07, 6.45) is 5.54. The lowest BCUT2D eigenvalue weighted by atomic mass is 10.1. The summed E-state index contributed by atoms with van der Waals surface area (Å²) in [6.45, 7) is 9.33. The summed E-state index contributed by atoms with van der Waals surface area (Å²) < 4.78 is 8.02. The first kappa shape index (κ1) is 21.4. The molecule has 0 aliphatic rings. The fourth-order valence-corrected chi connectivity index (χ4v) is 2.95. The molecule has 3 aromatic rings. The van der Waals surface area contributed by atoms with Gasteiger partial charge < -0.3 is 15.4 Å². The number of nitrogens with one attached hydrogen (secondary N) is 2. The minimum atomic E-state index is -0.246. The third-order valence-electron chi connectivity index (χ3n) is 4.40. The van der Waals surface area contributed by atoms with Crippen molar-refractivity contribution in [3.63, 3.8) is 0 Å². The zero-order chi connectivity index (χ0) is 21.6. The predicted octanol–water partition coefficient (Wildman–Crippen LogP) is 3.62. The Hall–Kier alpha value is -3.35. The van der Waals surface area contributed by atoms with Crippen LogP contribution in [0.3, 0.4) is 0 Å². The van der Waals surface area contributed by atoms with Gasteiger partial charge >= 0.3 is 0 Å². The molecule has 7 heteroatoms. The summed E-state index contributed by atoms with van der Waals surface area (Å²) in [5.74, 6) is 3.36. The zero-order valence-electron chi connectivity index (χ0n) is 18.3. The summed E-state index contributed by atoms with van der Waals surface area (Å²) in [4.78, 5) is 13.1. The lowest BCUT2D eigenvalue weighted by Gasteiger charge is -2.23. The molecule has 0 spiro atoms. The van der Waals surface area contributed by atoms with Crippen LogP contribution in [-0.4, -0.2) is 33.1 Å². The fraction of sp³-hybridized carbons (Fsp3) is 0.348. The average molecular weight is 407 g/mol. The highest BCUT2D eigenvalue weighted by Gasteiger charge is 2.14. The molecule has 7 nitrogen and oxygen atoms in total. The minimum absolute atomic E-state index is 0.246. The van der Waals surface area contributed by atoms with Gasteiger partial charge in [0.1, 0.15) is 23.0 Å². The van der Waals surface area contributed by atoms with Crippen molar-refractivity contribution in [2.75, 3.05) is 7.05 Å². The van der Waals surface area contributed by atoms with E-state index in [4.69, 9.17) is 4.74 Å². The summed E-state index contributed by atoms with van der Waals surface area (Å²) in [5, 5.41) is 6.68. The molecule has 0 fully saturated rings. The van der Waals surface area contributed by atoms with E-state index >= 15 is 0 Å². The molecule has 0 saturated carbocycles. The lowest BCUT2D eigenvalue weighted by Crippen LogP contribution is -2.36. The van der Waals surface area contributed by atoms with Crippen molar-refractivity contribution in [1.82, 2.24) is 25.2 Å². The SMILES string of the molecule is CN=C(NCc1ccc(-n2ccnc2C)nc1)NCc1ccccc1OC(C)(C)C. The standard InChI is InChI=1S/C23H30N6O/c1-17-25-12-13-29(17)21-11-10-18(14-26-21)15-27-22(24-5)28-16-19-8-6-7-9-20(19)30-23(2,3)4/h6-14H,15-16H2,1-5H3,(H2,24,27,28). The van der Waals surface area contributed by atoms with Crippen LogP contribution in [0.2, 0.25) is 0 Å². The Morgan fingerprint density at radius 3 is 2.47 bits per heavy atom. The van der Waals surface area contributed by atoms with Crippen molar-refractivity contribution >= 4 is 5.96 Å². The number of hydrogen-bond acceptors (Lipinski definition) is 4. The molecule has 1 aromatic carbocycles. The van der Waals surface area contributed by atoms with Gasteiger partial charge in [0, 0.05) is 44.3 Å². The second-order valence-electron chi connectivity index (χ2n) is 7.97. The third kappa shape index (κ3) is 5.83. The molecule has 0 amide bonds. The van der Waals surface area contributed by atoms with Crippen molar-refractivity contribution in [2.24, 2.45) is 4.99 Å². The van der Waals surface area contributed by atoms with Crippen LogP contribution in [-0.2, 0) is 13.1 Å². The van der Waals surface area contributed by atoms with Gasteiger partial charge in [0.15, 0.2) is 5.96 Å². The van der Waals surface area contributed by atoms with Crippen LogP contribution in [0.4, 0.5) is 0 Å². The number of pyridine rings is 1. The molecule has 0 unspecified atom stereocenters. The molecule has 0 atom stereocenters. The summed E-state index contributed by atoms with van der Waals surface area (Å²) in [7, 11) is 1.76. The molecule has 0 bridgehead atoms. The number of aromatic nitrogens is 3. The van der Waals surface area contributed by atoms with E-state index in [1.165, 1.54) is 0 Å². The number of imidazole rings is 1. The van der Waals surface area contributed by atoms with Gasteiger partial charge in [0.2, 0.25) is 0 Å². The average Bonchev–Trinajstić information content (AvgIpc) is 3.14. The molecule has 0 aliphatic carbocycles. The van der Waals surface area contributed by atoms with E-state index in [2.05, 4.69) is 37.7 Å². The van der Waals surface area contributed by atoms with E-state index in [-0.39, 0.29) is 5.60 Å². The maximum absolute atomic E-state index is 6.06. The number of nitrogens with zero attached hydrogens (tertiary/aromatic N) is 4. The van der Waals surface area contributed by atoms with Crippen molar-refractivity contribution in [3.8, 4) is 11.6 Å². The van der Waals surface area contributed by atoms with E-state index in [0.717, 1.165) is 34.5 Å². The minimum Gasteiger partial charge on any atom is -0.488 e. The monoisotopic (exact) mass is 406 g/mol. The molecule has 158 valence electrons. The van der Waals surface area contributed by atoms with Gasteiger partial charge in [-0.1, -0.05) is 24.3 Å². The second-order valence-corrected chi connectivity index (χ2v) is 7.97. The molecular weight excluding hydrogens is 376 g/mol. The Balaban J connectivity index is 1.56. The highest BCUT2D eigenvalue weighted by molar-refractivity contribution is 5.79. The van der Waals surface area contributed by atoms with E-state index in [9.17, 15) is 0 Å². The van der Waals surface area contributed by atoms with Crippen molar-refractivity contribution in [2.45, 2.75) is 46.4 Å². The molecular formula is C23H30N6O. The largest absolute Gasteiger partial charge is 0.488 e. The number of ether oxygens (including phenoxy) is 1. The third-order valence-corrected chi connectivity index (χ3v) is 4.40. The Bertz CT molecular complexity index is 985. The van der Waals surface area contributed by atoms with Gasteiger partial charge in [-0.3, -0.25) is 9.56 Å². The normalized spacial score (nSPS) is 12.0. The van der Waals surface area contributed by atoms with Crippen LogP contribution in [0.5, 0.6) is 5.75 Å². The Morgan fingerprint density at radius 1 is 1.07 bits per heavy atom. The quantitative estimate of drug-likeness (QED) is 0.483. The van der Waals surface area contributed by atoms with Crippen LogP contribution in [0.15, 0.2) is 60.0 Å². The number of rotatable bonds is 6. The second kappa shape index (κ2) is 9.43. The van der Waals surface area contributed by atoms with E-state index in [0.29, 0.717) is 13.1 Å². The Labute approximate surface area is 178 Å². The van der Waals surface area contributed by atoms with Crippen LogP contribution in [0.25, 0.3) is 5.82 Å². The number of aliphatic imine (C=N–C) groups is 1. The number of guanidine groups is 1. The van der Waals surface area contributed by atoms with Crippen LogP contribution in [0.1, 0.15) is 37.7 Å². The van der Waals surface area contributed by atoms with Crippen molar-refractivity contribution in [3.05, 3.63) is 71.9 Å². The van der Waals surface area contributed by atoms with E-state index < -0.39 is 0 Å². The number of aryl methyl sites for hydroxylation is 1. The fourth-order valence-electron chi connectivity index (χ4n) is 2.95. The van der Waals surface area contributed by atoms with Crippen molar-refractivity contribution in [1.29, 1.82) is 0 Å². The Kier molecular flexibility index (Phi) is 6.72. The maximum atomic E-state index is 6.06. The summed E-state index contributed by atoms with van der Waals surface area (Å²) in [5.41, 5.74) is 1.90. The first-order valence-corrected chi connectivity index (χ1v) is 10.0. The Morgan fingerprint density at radius 2 is 1.83 bits per heavy atom. The van der Waals surface area contributed by atoms with Crippen LogP contribution < -0.4 is 15.4 Å². The van der Waals surface area contributed by atoms with Crippen molar-refractivity contribution < 1.29 is 4.74 Å². The maximum Gasteiger partial charge on any atom is 0.191 e. The lowest BCUT2D eigenvalue weighted by molar-refractivity contribution is 0.129. The molecule has 30 heavy (non-hydrogen) atoms. The number of hydrogen-bond donors (Lipinski definition) is 2. The first-order valence-electron chi connectivity index (χ1n) is 10.0. The molecule has 0 aliphatic heterocycles. The topological polar surface area (TPSA) is 76.4 Å². The van der Waals surface area contributed by atoms with Gasteiger partial charge in [-0.2, -0.15) is 0 Å². The number of para-hydroxylation sites is 1. The molecule has 0 radical (unpaired) electrons. The molecule has 2 N–H and O–H groups in total. The van der Waals surface area contributed by atoms with Gasteiger partial charge in [0.25, 0.3) is 0 Å².